The molecule has 2 aliphatic heterocycles. The first-order valence-corrected chi connectivity index (χ1v) is 12.6. The van der Waals surface area contributed by atoms with E-state index in [2.05, 4.69) is 5.32 Å². The van der Waals surface area contributed by atoms with E-state index < -0.39 is 14.0 Å². The monoisotopic (exact) mass is 466 g/mol. The van der Waals surface area contributed by atoms with Gasteiger partial charge in [0.15, 0.2) is 14.0 Å². The minimum atomic E-state index is -3.73. The molecule has 1 aliphatic carbocycles. The van der Waals surface area contributed by atoms with Gasteiger partial charge in [-0.1, -0.05) is 41.9 Å². The molecular formula is C21H27ClN4O4S. The van der Waals surface area contributed by atoms with Gasteiger partial charge in [-0.15, -0.1) is 0 Å². The lowest BCUT2D eigenvalue weighted by Gasteiger charge is -2.42. The van der Waals surface area contributed by atoms with Gasteiger partial charge in [0.05, 0.1) is 5.75 Å². The Morgan fingerprint density at radius 1 is 1.13 bits per heavy atom. The largest absolute Gasteiger partial charge is 0.340 e. The smallest absolute Gasteiger partial charge is 0.331 e. The van der Waals surface area contributed by atoms with Gasteiger partial charge in [0, 0.05) is 52.1 Å². The number of benzene rings is 1. The van der Waals surface area contributed by atoms with Crippen molar-refractivity contribution in [2.24, 2.45) is 0 Å². The van der Waals surface area contributed by atoms with Gasteiger partial charge in [0.1, 0.15) is 0 Å². The lowest BCUT2D eigenvalue weighted by atomic mass is 9.97. The average Bonchev–Trinajstić information content (AvgIpc) is 2.78. The van der Waals surface area contributed by atoms with Gasteiger partial charge >= 0.3 is 6.03 Å². The van der Waals surface area contributed by atoms with E-state index in [0.29, 0.717) is 39.3 Å². The number of fused-ring (bicyclic) bond motifs is 1. The molecule has 1 unspecified atom stereocenters. The molecule has 1 aromatic rings. The van der Waals surface area contributed by atoms with Crippen LogP contribution in [0.5, 0.6) is 0 Å². The number of hydrogen-bond acceptors (Lipinski definition) is 5. The van der Waals surface area contributed by atoms with Crippen molar-refractivity contribution in [2.45, 2.75) is 23.5 Å². The van der Waals surface area contributed by atoms with E-state index in [9.17, 15) is 18.0 Å². The average molecular weight is 467 g/mol. The quantitative estimate of drug-likeness (QED) is 0.664. The summed E-state index contributed by atoms with van der Waals surface area (Å²) in [4.78, 5) is 26.3. The summed E-state index contributed by atoms with van der Waals surface area (Å²) in [5.74, 6) is -0.497. The molecule has 3 amide bonds. The maximum atomic E-state index is 13.0. The van der Waals surface area contributed by atoms with Crippen molar-refractivity contribution >= 4 is 39.5 Å². The van der Waals surface area contributed by atoms with Crippen molar-refractivity contribution in [3.63, 3.8) is 0 Å². The van der Waals surface area contributed by atoms with Crippen LogP contribution in [-0.4, -0.2) is 84.5 Å². The zero-order valence-corrected chi connectivity index (χ0v) is 18.9. The molecule has 2 fully saturated rings. The molecule has 0 spiro atoms. The number of nitrogens with zero attached hydrogens (tertiary/aromatic N) is 3. The predicted molar refractivity (Wildman–Crippen MR) is 119 cm³/mol. The van der Waals surface area contributed by atoms with Crippen molar-refractivity contribution < 1.29 is 18.0 Å². The van der Waals surface area contributed by atoms with E-state index in [-0.39, 0.29) is 30.5 Å². The van der Waals surface area contributed by atoms with E-state index in [0.717, 1.165) is 17.5 Å². The van der Waals surface area contributed by atoms with Gasteiger partial charge in [0.25, 0.3) is 0 Å². The number of carbonyl (C=O) groups is 2. The van der Waals surface area contributed by atoms with Gasteiger partial charge in [-0.2, -0.15) is 0 Å². The molecule has 10 heteroatoms. The summed E-state index contributed by atoms with van der Waals surface area (Å²) in [6, 6.07) is 7.45. The number of piperazine rings is 1. The summed E-state index contributed by atoms with van der Waals surface area (Å²) in [6.45, 7) is 3.37. The Morgan fingerprint density at radius 2 is 1.87 bits per heavy atom. The van der Waals surface area contributed by atoms with Gasteiger partial charge in [-0.25, -0.2) is 18.2 Å². The highest BCUT2D eigenvalue weighted by molar-refractivity contribution is 7.94. The van der Waals surface area contributed by atoms with E-state index >= 15 is 0 Å². The van der Waals surface area contributed by atoms with Crippen LogP contribution in [0.15, 0.2) is 30.3 Å². The molecule has 4 rings (SSSR count). The van der Waals surface area contributed by atoms with Crippen LogP contribution in [0.4, 0.5) is 4.79 Å². The summed E-state index contributed by atoms with van der Waals surface area (Å²) in [5, 5.41) is 6.47. The number of alkyl halides is 1. The molecule has 1 aromatic carbocycles. The van der Waals surface area contributed by atoms with Crippen LogP contribution in [0.3, 0.4) is 0 Å². The van der Waals surface area contributed by atoms with Crippen LogP contribution in [0, 0.1) is 0 Å². The lowest BCUT2D eigenvalue weighted by Crippen LogP contribution is -2.60. The fourth-order valence-corrected chi connectivity index (χ4v) is 6.10. The molecule has 2 heterocycles. The van der Waals surface area contributed by atoms with Crippen molar-refractivity contribution in [2.75, 3.05) is 45.0 Å². The van der Waals surface area contributed by atoms with E-state index in [1.165, 1.54) is 6.08 Å². The predicted octanol–water partition coefficient (Wildman–Crippen LogP) is 1.47. The van der Waals surface area contributed by atoms with E-state index in [1.807, 2.05) is 29.3 Å². The molecule has 8 nitrogen and oxygen atoms in total. The zero-order valence-electron chi connectivity index (χ0n) is 17.3. The Labute approximate surface area is 187 Å². The molecular weight excluding hydrogens is 440 g/mol. The van der Waals surface area contributed by atoms with Gasteiger partial charge in [0.2, 0.25) is 5.91 Å². The molecule has 2 saturated heterocycles. The standard InChI is InChI=1S/C21H27ClN4O4S/c22-21(8-6-17-4-1-2-5-18(17)16-21)31(29,30)15-7-19(27)24-11-13-25(14-12-24)26-10-3-9-23-20(26)28/h1-2,4-6,8H,3,7,9-16H2,(H,23,28). The first kappa shape index (κ1) is 22.1. The van der Waals surface area contributed by atoms with Crippen molar-refractivity contribution in [3.8, 4) is 0 Å². The lowest BCUT2D eigenvalue weighted by molar-refractivity contribution is -0.135. The number of halogens is 1. The minimum absolute atomic E-state index is 0.101. The van der Waals surface area contributed by atoms with Crippen LogP contribution in [-0.2, 0) is 21.1 Å². The van der Waals surface area contributed by atoms with Gasteiger partial charge < -0.3 is 10.2 Å². The fourth-order valence-electron chi connectivity index (χ4n) is 4.23. The summed E-state index contributed by atoms with van der Waals surface area (Å²) in [7, 11) is -3.73. The number of urea groups is 1. The molecule has 1 atom stereocenters. The highest BCUT2D eigenvalue weighted by Gasteiger charge is 2.42. The summed E-state index contributed by atoms with van der Waals surface area (Å²) in [5.41, 5.74) is 1.85. The summed E-state index contributed by atoms with van der Waals surface area (Å²) in [6.07, 6.45) is 4.24. The molecule has 3 aliphatic rings. The highest BCUT2D eigenvalue weighted by atomic mass is 35.5. The molecule has 0 bridgehead atoms. The summed E-state index contributed by atoms with van der Waals surface area (Å²) >= 11 is 6.53. The molecule has 0 radical (unpaired) electrons. The van der Waals surface area contributed by atoms with Crippen molar-refractivity contribution in [3.05, 3.63) is 41.5 Å². The molecule has 1 N–H and O–H groups in total. The number of amides is 3. The molecule has 168 valence electrons. The number of carbonyl (C=O) groups excluding carboxylic acids is 2. The molecule has 31 heavy (non-hydrogen) atoms. The number of rotatable bonds is 5. The second-order valence-electron chi connectivity index (χ2n) is 8.11. The molecule has 0 aromatic heterocycles. The Hall–Kier alpha value is -2.10. The Morgan fingerprint density at radius 3 is 2.61 bits per heavy atom. The topological polar surface area (TPSA) is 90.0 Å². The van der Waals surface area contributed by atoms with Gasteiger partial charge in [-0.05, 0) is 23.6 Å². The second-order valence-corrected chi connectivity index (χ2v) is 11.4. The van der Waals surface area contributed by atoms with Crippen LogP contribution in [0.25, 0.3) is 6.08 Å². The number of sulfone groups is 1. The fraction of sp³-hybridized carbons (Fsp3) is 0.524. The maximum absolute atomic E-state index is 13.0. The van der Waals surface area contributed by atoms with Crippen LogP contribution < -0.4 is 5.32 Å². The van der Waals surface area contributed by atoms with Crippen LogP contribution in [0.1, 0.15) is 24.0 Å². The molecule has 0 saturated carbocycles. The highest BCUT2D eigenvalue weighted by Crippen LogP contribution is 2.36. The van der Waals surface area contributed by atoms with E-state index in [4.69, 9.17) is 11.6 Å². The summed E-state index contributed by atoms with van der Waals surface area (Å²) < 4.78 is 24.4. The Balaban J connectivity index is 1.31. The Kier molecular flexibility index (Phi) is 6.27. The van der Waals surface area contributed by atoms with Crippen molar-refractivity contribution in [1.82, 2.24) is 20.2 Å². The van der Waals surface area contributed by atoms with Crippen LogP contribution >= 0.6 is 11.6 Å². The number of hydrazine groups is 1. The van der Waals surface area contributed by atoms with Crippen LogP contribution in [0.2, 0.25) is 0 Å². The number of hydrogen-bond donors (Lipinski definition) is 1. The maximum Gasteiger partial charge on any atom is 0.331 e. The zero-order chi connectivity index (χ0) is 22.1. The van der Waals surface area contributed by atoms with E-state index in [1.54, 1.807) is 16.0 Å². The minimum Gasteiger partial charge on any atom is -0.340 e. The third kappa shape index (κ3) is 4.58. The first-order valence-electron chi connectivity index (χ1n) is 10.6. The Bertz CT molecular complexity index is 991. The first-order chi connectivity index (χ1) is 14.8. The van der Waals surface area contributed by atoms with Crippen molar-refractivity contribution in [1.29, 1.82) is 0 Å². The van der Waals surface area contributed by atoms with Gasteiger partial charge in [-0.3, -0.25) is 9.80 Å². The normalized spacial score (nSPS) is 24.6. The SMILES string of the molecule is O=C(CCS(=O)(=O)C1(Cl)C=Cc2ccccc2C1)N1CCN(N2CCCNC2=O)CC1. The third-order valence-corrected chi connectivity index (χ3v) is 9.13. The third-order valence-electron chi connectivity index (χ3n) is 6.11. The number of nitrogens with one attached hydrogen (secondary N) is 1. The second kappa shape index (κ2) is 8.80.